The minimum absolute atomic E-state index is 0.101. The van der Waals surface area contributed by atoms with Crippen LogP contribution in [0.2, 0.25) is 0 Å². The van der Waals surface area contributed by atoms with Gasteiger partial charge in [0, 0.05) is 11.4 Å². The Morgan fingerprint density at radius 2 is 1.09 bits per heavy atom. The predicted octanol–water partition coefficient (Wildman–Crippen LogP) is 4.20. The highest BCUT2D eigenvalue weighted by atomic mass is 16.5. The number of anilines is 2. The fourth-order valence-electron chi connectivity index (χ4n) is 2.90. The maximum Gasteiger partial charge on any atom is 0.335 e. The summed E-state index contributed by atoms with van der Waals surface area (Å²) in [7, 11) is 0. The number of amides is 2. The van der Waals surface area contributed by atoms with Crippen molar-refractivity contribution < 1.29 is 29.0 Å². The Labute approximate surface area is 191 Å². The number of rotatable bonds is 9. The first-order valence-electron chi connectivity index (χ1n) is 10.3. The van der Waals surface area contributed by atoms with Crippen molar-refractivity contribution in [3.8, 4) is 11.5 Å². The van der Waals surface area contributed by atoms with E-state index in [2.05, 4.69) is 10.6 Å². The Hall–Kier alpha value is -4.33. The Balaban J connectivity index is 1.70. The highest BCUT2D eigenvalue weighted by Crippen LogP contribution is 2.21. The van der Waals surface area contributed by atoms with Crippen molar-refractivity contribution >= 4 is 29.2 Å². The van der Waals surface area contributed by atoms with Crippen LogP contribution in [0.5, 0.6) is 11.5 Å². The SMILES string of the molecule is C[C@H](Oc1ccccc1)C(=O)Nc1cc(NC(=O)[C@H](C)Oc2ccccc2)cc(C(=O)O)c1. The number of carboxylic acid groups (broad SMARTS) is 1. The molecule has 170 valence electrons. The van der Waals surface area contributed by atoms with E-state index < -0.39 is 30.0 Å². The van der Waals surface area contributed by atoms with Crippen LogP contribution < -0.4 is 20.1 Å². The van der Waals surface area contributed by atoms with E-state index in [9.17, 15) is 19.5 Å². The molecule has 33 heavy (non-hydrogen) atoms. The molecule has 3 aromatic rings. The molecular weight excluding hydrogens is 424 g/mol. The topological polar surface area (TPSA) is 114 Å². The number of hydrogen-bond acceptors (Lipinski definition) is 5. The van der Waals surface area contributed by atoms with E-state index in [4.69, 9.17) is 9.47 Å². The molecule has 0 spiro atoms. The normalized spacial score (nSPS) is 12.2. The van der Waals surface area contributed by atoms with Crippen LogP contribution in [0.4, 0.5) is 11.4 Å². The number of ether oxygens (including phenoxy) is 2. The summed E-state index contributed by atoms with van der Waals surface area (Å²) in [6.07, 6.45) is -1.67. The van der Waals surface area contributed by atoms with E-state index in [1.807, 2.05) is 12.1 Å². The van der Waals surface area contributed by atoms with Gasteiger partial charge in [0.15, 0.2) is 12.2 Å². The van der Waals surface area contributed by atoms with Gasteiger partial charge in [-0.05, 0) is 56.3 Å². The molecule has 8 heteroatoms. The molecule has 0 heterocycles. The molecule has 3 aromatic carbocycles. The molecular formula is C25H24N2O6. The lowest BCUT2D eigenvalue weighted by Crippen LogP contribution is -2.31. The first-order valence-corrected chi connectivity index (χ1v) is 10.3. The maximum absolute atomic E-state index is 12.6. The van der Waals surface area contributed by atoms with Crippen LogP contribution in [0.15, 0.2) is 78.9 Å². The van der Waals surface area contributed by atoms with Gasteiger partial charge in [-0.15, -0.1) is 0 Å². The lowest BCUT2D eigenvalue weighted by Gasteiger charge is -2.17. The zero-order chi connectivity index (χ0) is 23.8. The monoisotopic (exact) mass is 448 g/mol. The van der Waals surface area contributed by atoms with E-state index >= 15 is 0 Å². The van der Waals surface area contributed by atoms with Crippen LogP contribution in [0, 0.1) is 0 Å². The molecule has 3 rings (SSSR count). The van der Waals surface area contributed by atoms with Crippen molar-refractivity contribution in [3.63, 3.8) is 0 Å². The zero-order valence-electron chi connectivity index (χ0n) is 18.1. The molecule has 0 bridgehead atoms. The van der Waals surface area contributed by atoms with Gasteiger partial charge in [-0.25, -0.2) is 4.79 Å². The predicted molar refractivity (Wildman–Crippen MR) is 124 cm³/mol. The van der Waals surface area contributed by atoms with Crippen molar-refractivity contribution in [3.05, 3.63) is 84.4 Å². The highest BCUT2D eigenvalue weighted by Gasteiger charge is 2.19. The number of aromatic carboxylic acids is 1. The van der Waals surface area contributed by atoms with Crippen molar-refractivity contribution in [2.24, 2.45) is 0 Å². The first-order chi connectivity index (χ1) is 15.8. The van der Waals surface area contributed by atoms with E-state index in [1.165, 1.54) is 18.2 Å². The number of carbonyl (C=O) groups excluding carboxylic acids is 2. The highest BCUT2D eigenvalue weighted by molar-refractivity contribution is 6.00. The minimum atomic E-state index is -1.20. The number of nitrogens with one attached hydrogen (secondary N) is 2. The third-order valence-electron chi connectivity index (χ3n) is 4.57. The van der Waals surface area contributed by atoms with Crippen LogP contribution in [-0.2, 0) is 9.59 Å². The van der Waals surface area contributed by atoms with Gasteiger partial charge in [-0.2, -0.15) is 0 Å². The van der Waals surface area contributed by atoms with Crippen LogP contribution >= 0.6 is 0 Å². The van der Waals surface area contributed by atoms with Crippen molar-refractivity contribution in [2.75, 3.05) is 10.6 Å². The molecule has 0 unspecified atom stereocenters. The lowest BCUT2D eigenvalue weighted by atomic mass is 10.1. The third kappa shape index (κ3) is 6.83. The molecule has 3 N–H and O–H groups in total. The van der Waals surface area contributed by atoms with Gasteiger partial charge in [0.1, 0.15) is 11.5 Å². The van der Waals surface area contributed by atoms with Crippen molar-refractivity contribution in [1.29, 1.82) is 0 Å². The molecule has 0 aliphatic heterocycles. The van der Waals surface area contributed by atoms with Crippen LogP contribution in [0.25, 0.3) is 0 Å². The number of hydrogen-bond donors (Lipinski definition) is 3. The second kappa shape index (κ2) is 10.8. The average Bonchev–Trinajstić information content (AvgIpc) is 2.80. The fraction of sp³-hybridized carbons (Fsp3) is 0.160. The van der Waals surface area contributed by atoms with Crippen LogP contribution in [0.3, 0.4) is 0 Å². The molecule has 0 aliphatic rings. The molecule has 0 aliphatic carbocycles. The number of benzene rings is 3. The van der Waals surface area contributed by atoms with Gasteiger partial charge in [-0.1, -0.05) is 36.4 Å². The summed E-state index contributed by atoms with van der Waals surface area (Å²) in [5.74, 6) is -1.10. The van der Waals surface area contributed by atoms with Crippen molar-refractivity contribution in [1.82, 2.24) is 0 Å². The van der Waals surface area contributed by atoms with Crippen LogP contribution in [-0.4, -0.2) is 35.1 Å². The van der Waals surface area contributed by atoms with E-state index in [0.717, 1.165) is 0 Å². The summed E-state index contributed by atoms with van der Waals surface area (Å²) in [5.41, 5.74) is 0.307. The average molecular weight is 448 g/mol. The van der Waals surface area contributed by atoms with E-state index in [0.29, 0.717) is 11.5 Å². The molecule has 0 saturated carbocycles. The molecule has 0 fully saturated rings. The summed E-state index contributed by atoms with van der Waals surface area (Å²) in [6.45, 7) is 3.16. The van der Waals surface area contributed by atoms with Crippen LogP contribution in [0.1, 0.15) is 24.2 Å². The maximum atomic E-state index is 12.6. The lowest BCUT2D eigenvalue weighted by molar-refractivity contribution is -0.122. The van der Waals surface area contributed by atoms with Gasteiger partial charge in [-0.3, -0.25) is 9.59 Å². The molecule has 0 aromatic heterocycles. The minimum Gasteiger partial charge on any atom is -0.481 e. The van der Waals surface area contributed by atoms with Gasteiger partial charge >= 0.3 is 5.97 Å². The quantitative estimate of drug-likeness (QED) is 0.452. The molecule has 2 amide bonds. The van der Waals surface area contributed by atoms with Gasteiger partial charge in [0.25, 0.3) is 11.8 Å². The molecule has 0 saturated heterocycles. The smallest absolute Gasteiger partial charge is 0.335 e. The summed E-state index contributed by atoms with van der Waals surface area (Å²) in [5, 5.41) is 14.7. The third-order valence-corrected chi connectivity index (χ3v) is 4.57. The van der Waals surface area contributed by atoms with Gasteiger partial charge in [0.05, 0.1) is 5.56 Å². The number of para-hydroxylation sites is 2. The number of carbonyl (C=O) groups is 3. The summed E-state index contributed by atoms with van der Waals surface area (Å²) in [4.78, 5) is 36.7. The zero-order valence-corrected chi connectivity index (χ0v) is 18.1. The molecule has 0 radical (unpaired) electrons. The van der Waals surface area contributed by atoms with Gasteiger partial charge in [0.2, 0.25) is 0 Å². The second-order valence-electron chi connectivity index (χ2n) is 7.23. The molecule has 2 atom stereocenters. The first kappa shape index (κ1) is 23.3. The largest absolute Gasteiger partial charge is 0.481 e. The number of carboxylic acids is 1. The second-order valence-corrected chi connectivity index (χ2v) is 7.23. The summed E-state index contributed by atoms with van der Waals surface area (Å²) in [6, 6.07) is 21.8. The Kier molecular flexibility index (Phi) is 7.64. The van der Waals surface area contributed by atoms with E-state index in [1.54, 1.807) is 62.4 Å². The van der Waals surface area contributed by atoms with Gasteiger partial charge < -0.3 is 25.2 Å². The summed E-state index contributed by atoms with van der Waals surface area (Å²) < 4.78 is 11.2. The van der Waals surface area contributed by atoms with E-state index in [-0.39, 0.29) is 16.9 Å². The standard InChI is InChI=1S/C25H24N2O6/c1-16(32-21-9-5-3-6-10-21)23(28)26-19-13-18(25(30)31)14-20(15-19)27-24(29)17(2)33-22-11-7-4-8-12-22/h3-17H,1-2H3,(H,26,28)(H,27,29)(H,30,31)/t16-,17-/m0/s1. The Morgan fingerprint density at radius 3 is 1.45 bits per heavy atom. The Bertz CT molecular complexity index is 1040. The molecule has 8 nitrogen and oxygen atoms in total. The fourth-order valence-corrected chi connectivity index (χ4v) is 2.90. The van der Waals surface area contributed by atoms with Crippen molar-refractivity contribution in [2.45, 2.75) is 26.1 Å². The Morgan fingerprint density at radius 1 is 0.697 bits per heavy atom. The summed E-state index contributed by atoms with van der Waals surface area (Å²) >= 11 is 0.